The van der Waals surface area contributed by atoms with E-state index in [9.17, 15) is 4.79 Å². The summed E-state index contributed by atoms with van der Waals surface area (Å²) >= 11 is 0. The standard InChI is InChI=1S/C12H13NO2/c1-9(14)10-3-2-4-11(6-5-10)12-7-13-8-15-12/h4-8,10H,2-3H2,1H3. The Morgan fingerprint density at radius 3 is 3.13 bits per heavy atom. The quantitative estimate of drug-likeness (QED) is 0.742. The number of aromatic nitrogens is 1. The zero-order chi connectivity index (χ0) is 10.7. The van der Waals surface area contributed by atoms with Gasteiger partial charge in [0.05, 0.1) is 6.20 Å². The summed E-state index contributed by atoms with van der Waals surface area (Å²) in [5, 5.41) is 0. The Balaban J connectivity index is 2.19. The van der Waals surface area contributed by atoms with Gasteiger partial charge in [-0.3, -0.25) is 4.79 Å². The molecular weight excluding hydrogens is 190 g/mol. The molecule has 1 heterocycles. The van der Waals surface area contributed by atoms with Gasteiger partial charge in [0.2, 0.25) is 0 Å². The van der Waals surface area contributed by atoms with Crippen molar-refractivity contribution in [1.82, 2.24) is 4.98 Å². The van der Waals surface area contributed by atoms with Gasteiger partial charge >= 0.3 is 0 Å². The highest BCUT2D eigenvalue weighted by Gasteiger charge is 2.13. The van der Waals surface area contributed by atoms with Crippen LogP contribution in [0.15, 0.2) is 35.2 Å². The highest BCUT2D eigenvalue weighted by atomic mass is 16.3. The number of carbonyl (C=O) groups is 1. The predicted octanol–water partition coefficient (Wildman–Crippen LogP) is 2.61. The summed E-state index contributed by atoms with van der Waals surface area (Å²) in [6.07, 6.45) is 10.8. The van der Waals surface area contributed by atoms with Gasteiger partial charge in [0.1, 0.15) is 5.78 Å². The highest BCUT2D eigenvalue weighted by molar-refractivity contribution is 5.81. The van der Waals surface area contributed by atoms with E-state index >= 15 is 0 Å². The summed E-state index contributed by atoms with van der Waals surface area (Å²) in [6.45, 7) is 1.63. The minimum absolute atomic E-state index is 0.0432. The first-order chi connectivity index (χ1) is 7.27. The number of hydrogen-bond donors (Lipinski definition) is 0. The molecule has 78 valence electrons. The Bertz CT molecular complexity index is 401. The average Bonchev–Trinajstić information content (AvgIpc) is 2.62. The van der Waals surface area contributed by atoms with Crippen molar-refractivity contribution < 1.29 is 9.21 Å². The maximum absolute atomic E-state index is 11.2. The van der Waals surface area contributed by atoms with Crippen molar-refractivity contribution in [3.05, 3.63) is 36.6 Å². The molecule has 1 aromatic heterocycles. The van der Waals surface area contributed by atoms with Crippen molar-refractivity contribution in [3.8, 4) is 0 Å². The van der Waals surface area contributed by atoms with Crippen LogP contribution in [0.2, 0.25) is 0 Å². The first-order valence-electron chi connectivity index (χ1n) is 5.05. The van der Waals surface area contributed by atoms with E-state index in [0.717, 1.165) is 24.2 Å². The minimum atomic E-state index is 0.0432. The Morgan fingerprint density at radius 1 is 1.60 bits per heavy atom. The molecule has 1 aliphatic rings. The van der Waals surface area contributed by atoms with Crippen LogP contribution in [-0.4, -0.2) is 10.8 Å². The van der Waals surface area contributed by atoms with Crippen LogP contribution >= 0.6 is 0 Å². The van der Waals surface area contributed by atoms with Crippen LogP contribution in [0.5, 0.6) is 0 Å². The Labute approximate surface area is 88.5 Å². The lowest BCUT2D eigenvalue weighted by atomic mass is 10.0. The first-order valence-corrected chi connectivity index (χ1v) is 5.05. The van der Waals surface area contributed by atoms with Gasteiger partial charge in [-0.25, -0.2) is 4.98 Å². The molecule has 1 atom stereocenters. The van der Waals surface area contributed by atoms with Gasteiger partial charge in [0.25, 0.3) is 0 Å². The maximum atomic E-state index is 11.2. The van der Waals surface area contributed by atoms with Crippen molar-refractivity contribution in [2.45, 2.75) is 19.8 Å². The summed E-state index contributed by atoms with van der Waals surface area (Å²) in [5.41, 5.74) is 1.01. The number of hydrogen-bond acceptors (Lipinski definition) is 3. The molecule has 0 aromatic carbocycles. The third-order valence-corrected chi connectivity index (χ3v) is 2.59. The van der Waals surface area contributed by atoms with E-state index in [-0.39, 0.29) is 11.7 Å². The summed E-state index contributed by atoms with van der Waals surface area (Å²) in [4.78, 5) is 15.1. The van der Waals surface area contributed by atoms with Crippen LogP contribution in [0.25, 0.3) is 5.57 Å². The Kier molecular flexibility index (Phi) is 2.81. The van der Waals surface area contributed by atoms with Gasteiger partial charge in [-0.15, -0.1) is 0 Å². The molecule has 0 saturated heterocycles. The third kappa shape index (κ3) is 2.24. The molecule has 2 rings (SSSR count). The fraction of sp³-hybridized carbons (Fsp3) is 0.333. The molecule has 1 aliphatic carbocycles. The van der Waals surface area contributed by atoms with Gasteiger partial charge in [0.15, 0.2) is 12.2 Å². The number of oxazole rings is 1. The molecule has 0 fully saturated rings. The van der Waals surface area contributed by atoms with Crippen molar-refractivity contribution in [1.29, 1.82) is 0 Å². The molecule has 0 aliphatic heterocycles. The first kappa shape index (κ1) is 9.90. The third-order valence-electron chi connectivity index (χ3n) is 2.59. The summed E-state index contributed by atoms with van der Waals surface area (Å²) < 4.78 is 5.21. The van der Waals surface area contributed by atoms with Crippen LogP contribution < -0.4 is 0 Å². The normalized spacial score (nSPS) is 20.9. The monoisotopic (exact) mass is 203 g/mol. The van der Waals surface area contributed by atoms with E-state index < -0.39 is 0 Å². The van der Waals surface area contributed by atoms with Gasteiger partial charge in [-0.05, 0) is 19.8 Å². The van der Waals surface area contributed by atoms with E-state index in [4.69, 9.17) is 4.42 Å². The van der Waals surface area contributed by atoms with E-state index in [2.05, 4.69) is 11.1 Å². The molecule has 0 N–H and O–H groups in total. The number of nitrogens with zero attached hydrogens (tertiary/aromatic N) is 1. The lowest BCUT2D eigenvalue weighted by molar-refractivity contribution is -0.119. The SMILES string of the molecule is CC(=O)C1C=CC(c2cnco2)=CCC1. The lowest BCUT2D eigenvalue weighted by Crippen LogP contribution is -2.06. The average molecular weight is 203 g/mol. The molecule has 3 nitrogen and oxygen atoms in total. The topological polar surface area (TPSA) is 43.1 Å². The lowest BCUT2D eigenvalue weighted by Gasteiger charge is -2.03. The molecule has 0 bridgehead atoms. The van der Waals surface area contributed by atoms with Gasteiger partial charge in [-0.1, -0.05) is 18.2 Å². The second-order valence-electron chi connectivity index (χ2n) is 3.68. The van der Waals surface area contributed by atoms with Crippen LogP contribution in [0.3, 0.4) is 0 Å². The van der Waals surface area contributed by atoms with Crippen molar-refractivity contribution in [2.24, 2.45) is 5.92 Å². The Morgan fingerprint density at radius 2 is 2.47 bits per heavy atom. The number of Topliss-reactive ketones (excluding diaryl/α,β-unsaturated/α-hetero) is 1. The second kappa shape index (κ2) is 4.26. The number of allylic oxidation sites excluding steroid dienone is 4. The summed E-state index contributed by atoms with van der Waals surface area (Å²) in [6, 6.07) is 0. The van der Waals surface area contributed by atoms with Crippen molar-refractivity contribution in [3.63, 3.8) is 0 Å². The maximum Gasteiger partial charge on any atom is 0.181 e. The van der Waals surface area contributed by atoms with E-state index in [1.807, 2.05) is 12.2 Å². The second-order valence-corrected chi connectivity index (χ2v) is 3.68. The molecule has 1 aromatic rings. The zero-order valence-corrected chi connectivity index (χ0v) is 8.64. The smallest absolute Gasteiger partial charge is 0.181 e. The molecule has 15 heavy (non-hydrogen) atoms. The number of carbonyl (C=O) groups excluding carboxylic acids is 1. The van der Waals surface area contributed by atoms with Crippen LogP contribution in [0.1, 0.15) is 25.5 Å². The fourth-order valence-electron chi connectivity index (χ4n) is 1.68. The van der Waals surface area contributed by atoms with Gasteiger partial charge < -0.3 is 4.42 Å². The van der Waals surface area contributed by atoms with E-state index in [0.29, 0.717) is 0 Å². The summed E-state index contributed by atoms with van der Waals surface area (Å²) in [7, 11) is 0. The van der Waals surface area contributed by atoms with Crippen LogP contribution in [0, 0.1) is 5.92 Å². The zero-order valence-electron chi connectivity index (χ0n) is 8.64. The molecule has 0 amide bonds. The van der Waals surface area contributed by atoms with E-state index in [1.54, 1.807) is 13.1 Å². The molecule has 0 saturated carbocycles. The van der Waals surface area contributed by atoms with E-state index in [1.165, 1.54) is 6.39 Å². The van der Waals surface area contributed by atoms with Crippen LogP contribution in [-0.2, 0) is 4.79 Å². The van der Waals surface area contributed by atoms with Crippen molar-refractivity contribution >= 4 is 11.4 Å². The molecule has 0 radical (unpaired) electrons. The van der Waals surface area contributed by atoms with Gasteiger partial charge in [0, 0.05) is 11.5 Å². The Hall–Kier alpha value is -1.64. The van der Waals surface area contributed by atoms with Gasteiger partial charge in [-0.2, -0.15) is 0 Å². The fourth-order valence-corrected chi connectivity index (χ4v) is 1.68. The molecule has 0 spiro atoms. The number of ketones is 1. The number of rotatable bonds is 2. The largest absolute Gasteiger partial charge is 0.444 e. The van der Waals surface area contributed by atoms with Crippen LogP contribution in [0.4, 0.5) is 0 Å². The highest BCUT2D eigenvalue weighted by Crippen LogP contribution is 2.23. The minimum Gasteiger partial charge on any atom is -0.444 e. The molecule has 3 heteroatoms. The predicted molar refractivity (Wildman–Crippen MR) is 57.0 cm³/mol. The summed E-state index contributed by atoms with van der Waals surface area (Å²) in [5.74, 6) is 1.02. The molecular formula is C12H13NO2. The molecule has 1 unspecified atom stereocenters. The van der Waals surface area contributed by atoms with Crippen molar-refractivity contribution in [2.75, 3.05) is 0 Å².